The van der Waals surface area contributed by atoms with Crippen molar-refractivity contribution in [3.8, 4) is 0 Å². The Balaban J connectivity index is 1.43. The molecule has 4 heteroatoms. The molecule has 2 aliphatic heterocycles. The SMILES string of the molecule is Cc1ccccc1C1CCCN1C(=O)C1CCCN(C(=O)Cc2ccccc2)C1. The molecule has 2 heterocycles. The van der Waals surface area contributed by atoms with Gasteiger partial charge in [-0.15, -0.1) is 0 Å². The minimum Gasteiger partial charge on any atom is -0.342 e. The average molecular weight is 391 g/mol. The summed E-state index contributed by atoms with van der Waals surface area (Å²) in [6.07, 6.45) is 4.27. The van der Waals surface area contributed by atoms with Gasteiger partial charge in [0.05, 0.1) is 18.4 Å². The van der Waals surface area contributed by atoms with E-state index in [1.165, 1.54) is 11.1 Å². The van der Waals surface area contributed by atoms with E-state index in [0.717, 1.165) is 44.3 Å². The number of rotatable bonds is 4. The molecule has 2 atom stereocenters. The number of carbonyl (C=O) groups excluding carboxylic acids is 2. The van der Waals surface area contributed by atoms with Gasteiger partial charge in [0.15, 0.2) is 0 Å². The maximum Gasteiger partial charge on any atom is 0.227 e. The van der Waals surface area contributed by atoms with Crippen LogP contribution in [-0.4, -0.2) is 41.2 Å². The van der Waals surface area contributed by atoms with Crippen LogP contribution in [0.2, 0.25) is 0 Å². The lowest BCUT2D eigenvalue weighted by molar-refractivity contribution is -0.141. The molecule has 0 aliphatic carbocycles. The largest absolute Gasteiger partial charge is 0.342 e. The quantitative estimate of drug-likeness (QED) is 0.787. The van der Waals surface area contributed by atoms with Gasteiger partial charge in [0, 0.05) is 19.6 Å². The van der Waals surface area contributed by atoms with Crippen LogP contribution in [0.1, 0.15) is 48.4 Å². The molecule has 2 aromatic rings. The smallest absolute Gasteiger partial charge is 0.227 e. The van der Waals surface area contributed by atoms with Gasteiger partial charge in [-0.25, -0.2) is 0 Å². The molecule has 152 valence electrons. The predicted octanol–water partition coefficient (Wildman–Crippen LogP) is 4.14. The Hall–Kier alpha value is -2.62. The number of amides is 2. The third-order valence-corrected chi connectivity index (χ3v) is 6.40. The van der Waals surface area contributed by atoms with E-state index in [-0.39, 0.29) is 23.8 Å². The summed E-state index contributed by atoms with van der Waals surface area (Å²) in [6.45, 7) is 4.27. The van der Waals surface area contributed by atoms with Crippen LogP contribution in [0, 0.1) is 12.8 Å². The molecule has 4 nitrogen and oxygen atoms in total. The lowest BCUT2D eigenvalue weighted by Crippen LogP contribution is -2.47. The molecule has 0 N–H and O–H groups in total. The van der Waals surface area contributed by atoms with Crippen LogP contribution in [0.3, 0.4) is 0 Å². The highest BCUT2D eigenvalue weighted by Gasteiger charge is 2.37. The summed E-state index contributed by atoms with van der Waals surface area (Å²) in [6, 6.07) is 18.4. The number of benzene rings is 2. The molecule has 0 saturated carbocycles. The summed E-state index contributed by atoms with van der Waals surface area (Å²) in [5.41, 5.74) is 3.55. The number of likely N-dealkylation sites (tertiary alicyclic amines) is 2. The second-order valence-corrected chi connectivity index (χ2v) is 8.39. The zero-order valence-corrected chi connectivity index (χ0v) is 17.2. The Kier molecular flexibility index (Phi) is 5.98. The highest BCUT2D eigenvalue weighted by atomic mass is 16.2. The third kappa shape index (κ3) is 4.36. The summed E-state index contributed by atoms with van der Waals surface area (Å²) in [5.74, 6) is 0.284. The zero-order chi connectivity index (χ0) is 20.2. The second kappa shape index (κ2) is 8.81. The van der Waals surface area contributed by atoms with Crippen molar-refractivity contribution >= 4 is 11.8 Å². The van der Waals surface area contributed by atoms with Crippen LogP contribution >= 0.6 is 0 Å². The first-order chi connectivity index (χ1) is 14.1. The van der Waals surface area contributed by atoms with Crippen molar-refractivity contribution in [2.24, 2.45) is 5.92 Å². The van der Waals surface area contributed by atoms with E-state index in [1.807, 2.05) is 35.2 Å². The van der Waals surface area contributed by atoms with E-state index in [4.69, 9.17) is 0 Å². The van der Waals surface area contributed by atoms with Gasteiger partial charge in [-0.2, -0.15) is 0 Å². The number of hydrogen-bond acceptors (Lipinski definition) is 2. The molecule has 29 heavy (non-hydrogen) atoms. The fourth-order valence-electron chi connectivity index (χ4n) is 4.84. The fourth-order valence-corrected chi connectivity index (χ4v) is 4.84. The standard InChI is InChI=1S/C25H30N2O2/c1-19-9-5-6-13-22(19)23-14-8-16-27(23)25(29)21-12-7-15-26(18-21)24(28)17-20-10-3-2-4-11-20/h2-6,9-11,13,21,23H,7-8,12,14-18H2,1H3. The minimum atomic E-state index is -0.0758. The topological polar surface area (TPSA) is 40.6 Å². The molecule has 0 aromatic heterocycles. The Morgan fingerprint density at radius 3 is 2.45 bits per heavy atom. The zero-order valence-electron chi connectivity index (χ0n) is 17.2. The molecular formula is C25H30N2O2. The summed E-state index contributed by atoms with van der Waals surface area (Å²) in [7, 11) is 0. The van der Waals surface area contributed by atoms with E-state index in [2.05, 4.69) is 36.1 Å². The Morgan fingerprint density at radius 1 is 0.931 bits per heavy atom. The molecule has 0 bridgehead atoms. The van der Waals surface area contributed by atoms with E-state index < -0.39 is 0 Å². The first-order valence-corrected chi connectivity index (χ1v) is 10.8. The van der Waals surface area contributed by atoms with Crippen molar-refractivity contribution in [1.29, 1.82) is 0 Å². The molecule has 2 aromatic carbocycles. The van der Waals surface area contributed by atoms with E-state index in [1.54, 1.807) is 0 Å². The van der Waals surface area contributed by atoms with Gasteiger partial charge in [-0.1, -0.05) is 54.6 Å². The second-order valence-electron chi connectivity index (χ2n) is 8.39. The Morgan fingerprint density at radius 2 is 1.66 bits per heavy atom. The molecule has 2 saturated heterocycles. The first kappa shape index (κ1) is 19.7. The van der Waals surface area contributed by atoms with Gasteiger partial charge in [0.1, 0.15) is 0 Å². The van der Waals surface area contributed by atoms with Gasteiger partial charge in [0.2, 0.25) is 11.8 Å². The molecule has 2 unspecified atom stereocenters. The molecule has 0 spiro atoms. The van der Waals surface area contributed by atoms with Gasteiger partial charge < -0.3 is 9.80 Å². The van der Waals surface area contributed by atoms with Gasteiger partial charge >= 0.3 is 0 Å². The molecule has 2 aliphatic rings. The Bertz CT molecular complexity index is 864. The molecule has 4 rings (SSSR count). The maximum atomic E-state index is 13.4. The molecule has 2 amide bonds. The molecule has 0 radical (unpaired) electrons. The maximum absolute atomic E-state index is 13.4. The van der Waals surface area contributed by atoms with Crippen molar-refractivity contribution in [1.82, 2.24) is 9.80 Å². The lowest BCUT2D eigenvalue weighted by atomic mass is 9.94. The van der Waals surface area contributed by atoms with E-state index in [0.29, 0.717) is 13.0 Å². The van der Waals surface area contributed by atoms with Crippen LogP contribution in [0.25, 0.3) is 0 Å². The van der Waals surface area contributed by atoms with E-state index in [9.17, 15) is 9.59 Å². The van der Waals surface area contributed by atoms with Gasteiger partial charge in [0.25, 0.3) is 0 Å². The Labute approximate surface area is 173 Å². The molecular weight excluding hydrogens is 360 g/mol. The van der Waals surface area contributed by atoms with Crippen molar-refractivity contribution in [2.75, 3.05) is 19.6 Å². The normalized spacial score (nSPS) is 22.0. The van der Waals surface area contributed by atoms with Crippen LogP contribution in [-0.2, 0) is 16.0 Å². The number of piperidine rings is 1. The van der Waals surface area contributed by atoms with Crippen LogP contribution in [0.15, 0.2) is 54.6 Å². The van der Waals surface area contributed by atoms with E-state index >= 15 is 0 Å². The number of hydrogen-bond donors (Lipinski definition) is 0. The lowest BCUT2D eigenvalue weighted by Gasteiger charge is -2.36. The highest BCUT2D eigenvalue weighted by molar-refractivity contribution is 5.83. The summed E-state index contributed by atoms with van der Waals surface area (Å²) >= 11 is 0. The number of carbonyl (C=O) groups is 2. The first-order valence-electron chi connectivity index (χ1n) is 10.8. The summed E-state index contributed by atoms with van der Waals surface area (Å²) < 4.78 is 0. The number of aryl methyl sites for hydroxylation is 1. The van der Waals surface area contributed by atoms with Crippen LogP contribution < -0.4 is 0 Å². The van der Waals surface area contributed by atoms with Gasteiger partial charge in [-0.05, 0) is 49.3 Å². The summed E-state index contributed by atoms with van der Waals surface area (Å²) in [5, 5.41) is 0. The van der Waals surface area contributed by atoms with Crippen LogP contribution in [0.5, 0.6) is 0 Å². The fraction of sp³-hybridized carbons (Fsp3) is 0.440. The molecule has 2 fully saturated rings. The van der Waals surface area contributed by atoms with Crippen molar-refractivity contribution in [3.63, 3.8) is 0 Å². The highest BCUT2D eigenvalue weighted by Crippen LogP contribution is 2.35. The van der Waals surface area contributed by atoms with Crippen molar-refractivity contribution in [3.05, 3.63) is 71.3 Å². The average Bonchev–Trinajstić information content (AvgIpc) is 3.24. The number of nitrogens with zero attached hydrogens (tertiary/aromatic N) is 2. The van der Waals surface area contributed by atoms with Crippen LogP contribution in [0.4, 0.5) is 0 Å². The third-order valence-electron chi connectivity index (χ3n) is 6.40. The predicted molar refractivity (Wildman–Crippen MR) is 114 cm³/mol. The monoisotopic (exact) mass is 390 g/mol. The van der Waals surface area contributed by atoms with Gasteiger partial charge in [-0.3, -0.25) is 9.59 Å². The van der Waals surface area contributed by atoms with Crippen molar-refractivity contribution < 1.29 is 9.59 Å². The summed E-state index contributed by atoms with van der Waals surface area (Å²) in [4.78, 5) is 30.2. The minimum absolute atomic E-state index is 0.0758. The van der Waals surface area contributed by atoms with Crippen molar-refractivity contribution in [2.45, 2.75) is 45.1 Å².